The summed E-state index contributed by atoms with van der Waals surface area (Å²) in [6, 6.07) is -0.221. The molecule has 0 aromatic rings. The lowest BCUT2D eigenvalue weighted by molar-refractivity contribution is -0.130. The van der Waals surface area contributed by atoms with E-state index in [0.717, 1.165) is 25.7 Å². The van der Waals surface area contributed by atoms with E-state index < -0.39 is 0 Å². The highest BCUT2D eigenvalue weighted by molar-refractivity contribution is 5.87. The Kier molecular flexibility index (Phi) is 5.63. The molecular weight excluding hydrogens is 228 g/mol. The molecule has 0 radical (unpaired) electrons. The summed E-state index contributed by atoms with van der Waals surface area (Å²) in [5, 5.41) is 5.82. The second-order valence-corrected chi connectivity index (χ2v) is 5.76. The van der Waals surface area contributed by atoms with Crippen molar-refractivity contribution < 1.29 is 9.59 Å². The smallest absolute Gasteiger partial charge is 0.243 e. The number of rotatable bonds is 5. The Morgan fingerprint density at radius 3 is 2.06 bits per heavy atom. The molecule has 2 N–H and O–H groups in total. The van der Waals surface area contributed by atoms with E-state index >= 15 is 0 Å². The minimum Gasteiger partial charge on any atom is -0.352 e. The highest BCUT2D eigenvalue weighted by Gasteiger charge is 2.31. The van der Waals surface area contributed by atoms with Crippen molar-refractivity contribution in [1.29, 1.82) is 0 Å². The van der Waals surface area contributed by atoms with Gasteiger partial charge >= 0.3 is 0 Å². The van der Waals surface area contributed by atoms with Crippen molar-refractivity contribution >= 4 is 11.8 Å². The fourth-order valence-corrected chi connectivity index (χ4v) is 2.39. The van der Waals surface area contributed by atoms with Gasteiger partial charge in [0, 0.05) is 13.0 Å². The fourth-order valence-electron chi connectivity index (χ4n) is 2.39. The summed E-state index contributed by atoms with van der Waals surface area (Å²) < 4.78 is 0. The van der Waals surface area contributed by atoms with Crippen LogP contribution in [0.4, 0.5) is 0 Å². The topological polar surface area (TPSA) is 58.2 Å². The van der Waals surface area contributed by atoms with Crippen LogP contribution >= 0.6 is 0 Å². The third-order valence-electron chi connectivity index (χ3n) is 3.88. The van der Waals surface area contributed by atoms with Crippen molar-refractivity contribution in [3.63, 3.8) is 0 Å². The Bertz CT molecular complexity index is 296. The molecule has 1 rings (SSSR count). The van der Waals surface area contributed by atoms with Crippen molar-refractivity contribution in [1.82, 2.24) is 10.6 Å². The number of amides is 2. The molecular formula is C14H26N2O2. The van der Waals surface area contributed by atoms with E-state index in [0.29, 0.717) is 11.8 Å². The second kappa shape index (κ2) is 6.76. The highest BCUT2D eigenvalue weighted by Crippen LogP contribution is 2.28. The summed E-state index contributed by atoms with van der Waals surface area (Å²) in [7, 11) is 0. The molecule has 0 aromatic heterocycles. The average Bonchev–Trinajstić information content (AvgIpc) is 2.78. The molecule has 1 aliphatic rings. The van der Waals surface area contributed by atoms with Gasteiger partial charge in [0.2, 0.25) is 11.8 Å². The molecule has 2 atom stereocenters. The van der Waals surface area contributed by atoms with Gasteiger partial charge in [-0.2, -0.15) is 0 Å². The molecule has 2 unspecified atom stereocenters. The minimum absolute atomic E-state index is 0.0294. The van der Waals surface area contributed by atoms with Gasteiger partial charge in [-0.15, -0.1) is 0 Å². The summed E-state index contributed by atoms with van der Waals surface area (Å²) in [5.41, 5.74) is 0. The summed E-state index contributed by atoms with van der Waals surface area (Å²) in [6.45, 7) is 7.63. The molecule has 0 spiro atoms. The zero-order valence-electron chi connectivity index (χ0n) is 12.0. The molecule has 1 aliphatic carbocycles. The first kappa shape index (κ1) is 15.0. The standard InChI is InChI=1S/C14H26N2O2/c1-9(2)10(3)15-14(18)13(16-11(4)17)12-7-5-6-8-12/h9-10,12-13H,5-8H2,1-4H3,(H,15,18)(H,16,17). The van der Waals surface area contributed by atoms with Crippen molar-refractivity contribution in [2.75, 3.05) is 0 Å². The lowest BCUT2D eigenvalue weighted by atomic mass is 9.96. The van der Waals surface area contributed by atoms with Crippen molar-refractivity contribution in [3.05, 3.63) is 0 Å². The predicted octanol–water partition coefficient (Wildman–Crippen LogP) is 1.84. The van der Waals surface area contributed by atoms with Crippen molar-refractivity contribution in [2.45, 2.75) is 65.5 Å². The minimum atomic E-state index is -0.355. The molecule has 104 valence electrons. The Balaban J connectivity index is 2.63. The maximum Gasteiger partial charge on any atom is 0.243 e. The summed E-state index contributed by atoms with van der Waals surface area (Å²) in [5.74, 6) is 0.543. The van der Waals surface area contributed by atoms with E-state index in [1.165, 1.54) is 6.92 Å². The zero-order valence-corrected chi connectivity index (χ0v) is 12.0. The van der Waals surface area contributed by atoms with Crippen LogP contribution < -0.4 is 10.6 Å². The van der Waals surface area contributed by atoms with Crippen LogP contribution in [-0.2, 0) is 9.59 Å². The zero-order chi connectivity index (χ0) is 13.7. The first-order valence-electron chi connectivity index (χ1n) is 6.99. The van der Waals surface area contributed by atoms with Gasteiger partial charge in [0.05, 0.1) is 0 Å². The number of carbonyl (C=O) groups is 2. The maximum absolute atomic E-state index is 12.3. The first-order valence-corrected chi connectivity index (χ1v) is 6.99. The molecule has 1 fully saturated rings. The van der Waals surface area contributed by atoms with Crippen LogP contribution in [0.5, 0.6) is 0 Å². The van der Waals surface area contributed by atoms with Crippen molar-refractivity contribution in [2.24, 2.45) is 11.8 Å². The Hall–Kier alpha value is -1.06. The lowest BCUT2D eigenvalue weighted by Crippen LogP contribution is -2.52. The number of hydrogen-bond donors (Lipinski definition) is 2. The molecule has 18 heavy (non-hydrogen) atoms. The van der Waals surface area contributed by atoms with Gasteiger partial charge < -0.3 is 10.6 Å². The first-order chi connectivity index (χ1) is 8.41. The maximum atomic E-state index is 12.3. The van der Waals surface area contributed by atoms with Crippen LogP contribution in [0.3, 0.4) is 0 Å². The van der Waals surface area contributed by atoms with E-state index in [1.54, 1.807) is 0 Å². The van der Waals surface area contributed by atoms with Gasteiger partial charge in [0.25, 0.3) is 0 Å². The van der Waals surface area contributed by atoms with Gasteiger partial charge in [-0.25, -0.2) is 0 Å². The third-order valence-corrected chi connectivity index (χ3v) is 3.88. The number of carbonyl (C=O) groups excluding carboxylic acids is 2. The normalized spacial score (nSPS) is 19.6. The van der Waals surface area contributed by atoms with Crippen LogP contribution in [0.1, 0.15) is 53.4 Å². The molecule has 4 heteroatoms. The third kappa shape index (κ3) is 4.31. The Morgan fingerprint density at radius 1 is 1.06 bits per heavy atom. The predicted molar refractivity (Wildman–Crippen MR) is 72.0 cm³/mol. The quantitative estimate of drug-likeness (QED) is 0.786. The Labute approximate surface area is 110 Å². The fraction of sp³-hybridized carbons (Fsp3) is 0.857. The van der Waals surface area contributed by atoms with Gasteiger partial charge in [0.1, 0.15) is 6.04 Å². The van der Waals surface area contributed by atoms with Crippen LogP contribution in [0.2, 0.25) is 0 Å². The summed E-state index contributed by atoms with van der Waals surface area (Å²) >= 11 is 0. The average molecular weight is 254 g/mol. The van der Waals surface area contributed by atoms with Gasteiger partial charge in [-0.1, -0.05) is 26.7 Å². The largest absolute Gasteiger partial charge is 0.352 e. The van der Waals surface area contributed by atoms with Gasteiger partial charge in [-0.05, 0) is 31.6 Å². The van der Waals surface area contributed by atoms with Crippen LogP contribution in [0.15, 0.2) is 0 Å². The highest BCUT2D eigenvalue weighted by atomic mass is 16.2. The lowest BCUT2D eigenvalue weighted by Gasteiger charge is -2.26. The molecule has 0 bridgehead atoms. The number of nitrogens with one attached hydrogen (secondary N) is 2. The van der Waals surface area contributed by atoms with E-state index in [1.807, 2.05) is 6.92 Å². The molecule has 0 saturated heterocycles. The summed E-state index contributed by atoms with van der Waals surface area (Å²) in [4.78, 5) is 23.5. The summed E-state index contributed by atoms with van der Waals surface area (Å²) in [6.07, 6.45) is 4.39. The Morgan fingerprint density at radius 2 is 1.61 bits per heavy atom. The van der Waals surface area contributed by atoms with Crippen LogP contribution in [0, 0.1) is 11.8 Å². The number of hydrogen-bond acceptors (Lipinski definition) is 2. The SMILES string of the molecule is CC(=O)NC(C(=O)NC(C)C(C)C)C1CCCC1. The molecule has 4 nitrogen and oxygen atoms in total. The van der Waals surface area contributed by atoms with Crippen LogP contribution in [0.25, 0.3) is 0 Å². The molecule has 0 heterocycles. The molecule has 0 aliphatic heterocycles. The van der Waals surface area contributed by atoms with E-state index in [-0.39, 0.29) is 23.9 Å². The molecule has 2 amide bonds. The molecule has 1 saturated carbocycles. The second-order valence-electron chi connectivity index (χ2n) is 5.76. The van der Waals surface area contributed by atoms with E-state index in [2.05, 4.69) is 24.5 Å². The van der Waals surface area contributed by atoms with Gasteiger partial charge in [-0.3, -0.25) is 9.59 Å². The van der Waals surface area contributed by atoms with Gasteiger partial charge in [0.15, 0.2) is 0 Å². The monoisotopic (exact) mass is 254 g/mol. The molecule has 0 aromatic carbocycles. The van der Waals surface area contributed by atoms with E-state index in [4.69, 9.17) is 0 Å². The van der Waals surface area contributed by atoms with E-state index in [9.17, 15) is 9.59 Å². The van der Waals surface area contributed by atoms with Crippen molar-refractivity contribution in [3.8, 4) is 0 Å². The van der Waals surface area contributed by atoms with Crippen LogP contribution in [-0.4, -0.2) is 23.9 Å².